The highest BCUT2D eigenvalue weighted by Crippen LogP contribution is 2.17. The van der Waals surface area contributed by atoms with Crippen LogP contribution in [0, 0.1) is 16.7 Å². The molecule has 0 aromatic rings. The first-order chi connectivity index (χ1) is 6.27. The Morgan fingerprint density at radius 2 is 1.93 bits per heavy atom. The van der Waals surface area contributed by atoms with Gasteiger partial charge in [0.25, 0.3) is 0 Å². The minimum atomic E-state index is -4.32. The Hall–Kier alpha value is -0.800. The summed E-state index contributed by atoms with van der Waals surface area (Å²) in [5.74, 6) is 0. The lowest BCUT2D eigenvalue weighted by Gasteiger charge is -2.15. The molecule has 0 heterocycles. The van der Waals surface area contributed by atoms with Gasteiger partial charge in [-0.1, -0.05) is 0 Å². The summed E-state index contributed by atoms with van der Waals surface area (Å²) in [5, 5.41) is 8.58. The van der Waals surface area contributed by atoms with E-state index in [1.54, 1.807) is 13.8 Å². The van der Waals surface area contributed by atoms with E-state index in [0.29, 0.717) is 6.42 Å². The van der Waals surface area contributed by atoms with Crippen molar-refractivity contribution in [2.45, 2.75) is 26.4 Å². The van der Waals surface area contributed by atoms with Crippen molar-refractivity contribution in [3.05, 3.63) is 0 Å². The van der Waals surface area contributed by atoms with Crippen molar-refractivity contribution in [1.29, 1.82) is 5.26 Å². The molecular formula is C8H13F3N2O. The van der Waals surface area contributed by atoms with E-state index in [4.69, 9.17) is 5.26 Å². The lowest BCUT2D eigenvalue weighted by molar-refractivity contribution is -0.189. The Morgan fingerprint density at radius 1 is 1.36 bits per heavy atom. The average molecular weight is 210 g/mol. The van der Waals surface area contributed by atoms with Crippen molar-refractivity contribution in [1.82, 2.24) is 5.48 Å². The number of nitriles is 1. The fourth-order valence-electron chi connectivity index (χ4n) is 0.624. The summed E-state index contributed by atoms with van der Waals surface area (Å²) in [6.45, 7) is 2.31. The average Bonchev–Trinajstić information content (AvgIpc) is 2.01. The molecule has 0 rings (SSSR count). The van der Waals surface area contributed by atoms with Crippen molar-refractivity contribution < 1.29 is 18.0 Å². The number of halogens is 3. The maximum absolute atomic E-state index is 11.6. The van der Waals surface area contributed by atoms with Gasteiger partial charge in [0.05, 0.1) is 11.5 Å². The molecular weight excluding hydrogens is 197 g/mol. The third kappa shape index (κ3) is 7.83. The standard InChI is InChI=1S/C8H13F3N2O/c1-7(2,5-12)3-4-13-14-6-8(9,10)11/h13H,3-4,6H2,1-2H3. The molecule has 0 saturated heterocycles. The zero-order valence-corrected chi connectivity index (χ0v) is 8.11. The van der Waals surface area contributed by atoms with Crippen LogP contribution in [-0.4, -0.2) is 19.3 Å². The molecule has 0 aromatic heterocycles. The summed E-state index contributed by atoms with van der Waals surface area (Å²) in [5.41, 5.74) is 1.61. The molecule has 0 radical (unpaired) electrons. The zero-order valence-electron chi connectivity index (χ0n) is 8.11. The first kappa shape index (κ1) is 13.2. The van der Waals surface area contributed by atoms with Crippen LogP contribution in [0.25, 0.3) is 0 Å². The van der Waals surface area contributed by atoms with Crippen LogP contribution < -0.4 is 5.48 Å². The van der Waals surface area contributed by atoms with Crippen LogP contribution in [0.1, 0.15) is 20.3 Å². The minimum Gasteiger partial charge on any atom is -0.292 e. The molecule has 0 atom stereocenters. The van der Waals surface area contributed by atoms with E-state index in [0.717, 1.165) is 0 Å². The second-order valence-corrected chi connectivity index (χ2v) is 3.54. The fourth-order valence-corrected chi connectivity index (χ4v) is 0.624. The molecule has 0 fully saturated rings. The zero-order chi connectivity index (χ0) is 11.2. The Bertz CT molecular complexity index is 208. The van der Waals surface area contributed by atoms with Gasteiger partial charge in [0.15, 0.2) is 6.61 Å². The SMILES string of the molecule is CC(C)(C#N)CCNOCC(F)(F)F. The van der Waals surface area contributed by atoms with Gasteiger partial charge < -0.3 is 0 Å². The number of nitrogens with one attached hydrogen (secondary N) is 1. The van der Waals surface area contributed by atoms with E-state index in [1.807, 2.05) is 6.07 Å². The summed E-state index contributed by atoms with van der Waals surface area (Å²) in [6, 6.07) is 2.03. The Morgan fingerprint density at radius 3 is 2.36 bits per heavy atom. The van der Waals surface area contributed by atoms with Gasteiger partial charge in [-0.3, -0.25) is 4.84 Å². The number of hydroxylamine groups is 1. The van der Waals surface area contributed by atoms with Crippen LogP contribution in [0.4, 0.5) is 13.2 Å². The Labute approximate surface area is 80.8 Å². The first-order valence-electron chi connectivity index (χ1n) is 4.09. The summed E-state index contributed by atoms with van der Waals surface area (Å²) in [7, 11) is 0. The van der Waals surface area contributed by atoms with E-state index in [2.05, 4.69) is 10.3 Å². The summed E-state index contributed by atoms with van der Waals surface area (Å²) >= 11 is 0. The predicted octanol–water partition coefficient (Wildman–Crippen LogP) is 2.01. The number of nitrogens with zero attached hydrogens (tertiary/aromatic N) is 1. The molecule has 82 valence electrons. The first-order valence-corrected chi connectivity index (χ1v) is 4.09. The Kier molecular flexibility index (Phi) is 4.88. The molecule has 0 spiro atoms. The summed E-state index contributed by atoms with van der Waals surface area (Å²) in [4.78, 5) is 4.15. The van der Waals surface area contributed by atoms with Crippen LogP contribution in [0.15, 0.2) is 0 Å². The summed E-state index contributed by atoms with van der Waals surface area (Å²) < 4.78 is 34.7. The largest absolute Gasteiger partial charge is 0.413 e. The second-order valence-electron chi connectivity index (χ2n) is 3.54. The second kappa shape index (κ2) is 5.17. The lowest BCUT2D eigenvalue weighted by atomic mass is 9.92. The van der Waals surface area contributed by atoms with E-state index in [1.165, 1.54) is 0 Å². The van der Waals surface area contributed by atoms with Crippen molar-refractivity contribution in [2.24, 2.45) is 5.41 Å². The Balaban J connectivity index is 3.45. The predicted molar refractivity (Wildman–Crippen MR) is 44.0 cm³/mol. The molecule has 0 unspecified atom stereocenters. The molecule has 0 bridgehead atoms. The van der Waals surface area contributed by atoms with Gasteiger partial charge in [0.2, 0.25) is 0 Å². The maximum Gasteiger partial charge on any atom is 0.413 e. The van der Waals surface area contributed by atoms with Crippen LogP contribution >= 0.6 is 0 Å². The molecule has 0 aliphatic heterocycles. The van der Waals surface area contributed by atoms with E-state index < -0.39 is 18.2 Å². The molecule has 0 saturated carbocycles. The van der Waals surface area contributed by atoms with Crippen LogP contribution in [0.2, 0.25) is 0 Å². The molecule has 1 N–H and O–H groups in total. The normalized spacial score (nSPS) is 12.6. The van der Waals surface area contributed by atoms with Gasteiger partial charge >= 0.3 is 6.18 Å². The smallest absolute Gasteiger partial charge is 0.292 e. The van der Waals surface area contributed by atoms with Crippen LogP contribution in [0.3, 0.4) is 0 Å². The van der Waals surface area contributed by atoms with Crippen LogP contribution in [0.5, 0.6) is 0 Å². The van der Waals surface area contributed by atoms with Crippen LogP contribution in [-0.2, 0) is 4.84 Å². The number of hydrogen-bond acceptors (Lipinski definition) is 3. The quantitative estimate of drug-likeness (QED) is 0.557. The minimum absolute atomic E-state index is 0.219. The summed E-state index contributed by atoms with van der Waals surface area (Å²) in [6.07, 6.45) is -3.89. The molecule has 3 nitrogen and oxygen atoms in total. The van der Waals surface area contributed by atoms with Crippen molar-refractivity contribution >= 4 is 0 Å². The van der Waals surface area contributed by atoms with Crippen molar-refractivity contribution in [3.63, 3.8) is 0 Å². The molecule has 0 aliphatic carbocycles. The van der Waals surface area contributed by atoms with E-state index in [-0.39, 0.29) is 6.54 Å². The highest BCUT2D eigenvalue weighted by molar-refractivity contribution is 4.91. The monoisotopic (exact) mass is 210 g/mol. The highest BCUT2D eigenvalue weighted by Gasteiger charge is 2.27. The van der Waals surface area contributed by atoms with E-state index >= 15 is 0 Å². The fraction of sp³-hybridized carbons (Fsp3) is 0.875. The van der Waals surface area contributed by atoms with Gasteiger partial charge in [-0.15, -0.1) is 0 Å². The number of rotatable bonds is 5. The van der Waals surface area contributed by atoms with Gasteiger partial charge in [-0.05, 0) is 20.3 Å². The van der Waals surface area contributed by atoms with Gasteiger partial charge in [-0.25, -0.2) is 5.48 Å². The third-order valence-electron chi connectivity index (χ3n) is 1.49. The molecule has 0 aromatic carbocycles. The maximum atomic E-state index is 11.6. The van der Waals surface area contributed by atoms with Gasteiger partial charge in [-0.2, -0.15) is 18.4 Å². The van der Waals surface area contributed by atoms with E-state index in [9.17, 15) is 13.2 Å². The lowest BCUT2D eigenvalue weighted by Crippen LogP contribution is -2.27. The third-order valence-corrected chi connectivity index (χ3v) is 1.49. The topological polar surface area (TPSA) is 45.0 Å². The molecule has 0 aliphatic rings. The molecule has 0 amide bonds. The van der Waals surface area contributed by atoms with Gasteiger partial charge in [0.1, 0.15) is 0 Å². The highest BCUT2D eigenvalue weighted by atomic mass is 19.4. The number of hydrogen-bond donors (Lipinski definition) is 1. The molecule has 14 heavy (non-hydrogen) atoms. The van der Waals surface area contributed by atoms with Crippen molar-refractivity contribution in [3.8, 4) is 6.07 Å². The molecule has 6 heteroatoms. The van der Waals surface area contributed by atoms with Gasteiger partial charge in [0, 0.05) is 6.54 Å². The van der Waals surface area contributed by atoms with Crippen molar-refractivity contribution in [2.75, 3.05) is 13.2 Å². The number of alkyl halides is 3.